The average Bonchev–Trinajstić information content (AvgIpc) is 3.23. The Labute approximate surface area is 327 Å². The Morgan fingerprint density at radius 3 is 1.49 bits per heavy atom. The highest BCUT2D eigenvalue weighted by Crippen LogP contribution is 2.46. The van der Waals surface area contributed by atoms with Crippen LogP contribution in [0.15, 0.2) is 158 Å². The molecule has 0 saturated heterocycles. The van der Waals surface area contributed by atoms with Gasteiger partial charge in [-0.2, -0.15) is 0 Å². The summed E-state index contributed by atoms with van der Waals surface area (Å²) in [4.78, 5) is 5.17. The van der Waals surface area contributed by atoms with Crippen molar-refractivity contribution in [3.05, 3.63) is 180 Å². The van der Waals surface area contributed by atoms with Gasteiger partial charge in [0.15, 0.2) is 0 Å². The fraction of sp³-hybridized carbons (Fsp3) is 0.176. The molecule has 266 valence electrons. The zero-order valence-electron chi connectivity index (χ0n) is 32.2. The van der Waals surface area contributed by atoms with Crippen LogP contribution in [-0.4, -0.2) is 13.4 Å². The van der Waals surface area contributed by atoms with Crippen LogP contribution in [0.25, 0.3) is 0 Å². The maximum Gasteiger partial charge on any atom is 0.252 e. The molecule has 2 heterocycles. The van der Waals surface area contributed by atoms with Gasteiger partial charge in [-0.3, -0.25) is 0 Å². The third kappa shape index (κ3) is 5.91. The topological polar surface area (TPSA) is 6.48 Å². The molecule has 2 aliphatic heterocycles. The predicted molar refractivity (Wildman–Crippen MR) is 238 cm³/mol. The van der Waals surface area contributed by atoms with Gasteiger partial charge in [-0.05, 0) is 110 Å². The van der Waals surface area contributed by atoms with Crippen molar-refractivity contribution in [2.75, 3.05) is 9.80 Å². The molecule has 2 nitrogen and oxygen atoms in total. The lowest BCUT2D eigenvalue weighted by atomic mass is 9.31. The summed E-state index contributed by atoms with van der Waals surface area (Å²) in [5.41, 5.74) is 21.0. The van der Waals surface area contributed by atoms with Gasteiger partial charge in [-0.15, -0.1) is 0 Å². The number of hydrogen-bond donors (Lipinski definition) is 0. The summed E-state index contributed by atoms with van der Waals surface area (Å²) in [6.07, 6.45) is 6.47. The zero-order valence-corrected chi connectivity index (χ0v) is 32.2. The van der Waals surface area contributed by atoms with E-state index in [4.69, 9.17) is 0 Å². The molecule has 3 aliphatic rings. The summed E-state index contributed by atoms with van der Waals surface area (Å²) in [5.74, 6) is 0.564. The molecule has 55 heavy (non-hydrogen) atoms. The van der Waals surface area contributed by atoms with E-state index in [1.807, 2.05) is 0 Å². The second-order valence-corrected chi connectivity index (χ2v) is 16.2. The molecule has 0 N–H and O–H groups in total. The maximum atomic E-state index is 2.59. The van der Waals surface area contributed by atoms with E-state index in [0.29, 0.717) is 5.92 Å². The van der Waals surface area contributed by atoms with E-state index in [0.717, 1.165) is 0 Å². The predicted octanol–water partition coefficient (Wildman–Crippen LogP) is 9.26. The van der Waals surface area contributed by atoms with Gasteiger partial charge in [-0.25, -0.2) is 0 Å². The normalized spacial score (nSPS) is 14.6. The Morgan fingerprint density at radius 1 is 0.455 bits per heavy atom. The molecule has 0 spiro atoms. The third-order valence-corrected chi connectivity index (χ3v) is 12.5. The Balaban J connectivity index is 1.28. The summed E-state index contributed by atoms with van der Waals surface area (Å²) in [7, 11) is 0. The maximum absolute atomic E-state index is 2.59. The number of fused-ring (bicyclic) bond motifs is 4. The summed E-state index contributed by atoms with van der Waals surface area (Å²) in [5, 5.41) is 0. The SMILES string of the molecule is Cc1ccc(N2c3ccc(C)cc3B3c4cc(B(c5ccccc5)c5ccccc5)ccc4N(c4ccc(C)cc4)c4cc(C5CCCCC5)cc2c43)cc1. The monoisotopic (exact) mass is 708 g/mol. The second-order valence-electron chi connectivity index (χ2n) is 16.2. The molecule has 10 rings (SSSR count). The van der Waals surface area contributed by atoms with E-state index >= 15 is 0 Å². The number of rotatable bonds is 6. The quantitative estimate of drug-likeness (QED) is 0.159. The summed E-state index contributed by atoms with van der Waals surface area (Å²) in [6.45, 7) is 6.81. The van der Waals surface area contributed by atoms with Gasteiger partial charge < -0.3 is 9.80 Å². The number of anilines is 6. The zero-order chi connectivity index (χ0) is 37.0. The third-order valence-electron chi connectivity index (χ3n) is 12.5. The van der Waals surface area contributed by atoms with Crippen molar-refractivity contribution in [2.45, 2.75) is 58.8 Å². The van der Waals surface area contributed by atoms with Crippen LogP contribution < -0.4 is 42.6 Å². The first kappa shape index (κ1) is 33.8. The minimum absolute atomic E-state index is 0.0749. The fourth-order valence-electron chi connectivity index (χ4n) is 9.83. The minimum atomic E-state index is 0.0749. The van der Waals surface area contributed by atoms with Crippen molar-refractivity contribution >= 4 is 80.3 Å². The number of aryl methyl sites for hydroxylation is 3. The van der Waals surface area contributed by atoms with Crippen molar-refractivity contribution in [3.63, 3.8) is 0 Å². The lowest BCUT2D eigenvalue weighted by molar-refractivity contribution is 0.444. The van der Waals surface area contributed by atoms with Crippen molar-refractivity contribution in [1.29, 1.82) is 0 Å². The standard InChI is InChI=1S/C51H46B2N2/c1-35-19-25-43(26-20-35)54-47-29-23-37(3)31-45(47)53-46-34-42(52(40-15-9-5-10-16-40)41-17-11-6-12-18-41)24-30-48(46)55(44-27-21-36(2)22-28-44)50-33-39(32-49(54)51(50)53)38-13-7-4-8-14-38/h5-6,9-12,15-34,38H,4,7-8,13-14H2,1-3H3. The lowest BCUT2D eigenvalue weighted by Crippen LogP contribution is -2.63. The second kappa shape index (κ2) is 13.8. The molecule has 7 aromatic rings. The molecule has 0 bridgehead atoms. The highest BCUT2D eigenvalue weighted by molar-refractivity contribution is 7.01. The van der Waals surface area contributed by atoms with Gasteiger partial charge >= 0.3 is 0 Å². The van der Waals surface area contributed by atoms with Crippen LogP contribution in [0.3, 0.4) is 0 Å². The van der Waals surface area contributed by atoms with Gasteiger partial charge in [0.05, 0.1) is 0 Å². The smallest absolute Gasteiger partial charge is 0.252 e. The molecule has 7 aromatic carbocycles. The van der Waals surface area contributed by atoms with E-state index < -0.39 is 0 Å². The Morgan fingerprint density at radius 2 is 0.945 bits per heavy atom. The molecule has 0 aromatic heterocycles. The molecular formula is C51H46B2N2. The Hall–Kier alpha value is -5.73. The van der Waals surface area contributed by atoms with E-state index in [2.05, 4.69) is 188 Å². The van der Waals surface area contributed by atoms with Crippen molar-refractivity contribution in [1.82, 2.24) is 0 Å². The molecule has 0 atom stereocenters. The number of hydrogen-bond acceptors (Lipinski definition) is 2. The van der Waals surface area contributed by atoms with E-state index in [1.165, 1.54) is 121 Å². The Bertz CT molecular complexity index is 2450. The summed E-state index contributed by atoms with van der Waals surface area (Å²) < 4.78 is 0. The highest BCUT2D eigenvalue weighted by Gasteiger charge is 2.44. The Kier molecular flexibility index (Phi) is 8.51. The van der Waals surface area contributed by atoms with Crippen LogP contribution in [0.2, 0.25) is 0 Å². The number of benzene rings is 7. The van der Waals surface area contributed by atoms with Gasteiger partial charge in [0.2, 0.25) is 6.71 Å². The van der Waals surface area contributed by atoms with Crippen LogP contribution in [0.5, 0.6) is 0 Å². The van der Waals surface area contributed by atoms with Crippen molar-refractivity contribution < 1.29 is 0 Å². The fourth-order valence-corrected chi connectivity index (χ4v) is 9.83. The van der Waals surface area contributed by atoms with Crippen molar-refractivity contribution in [3.8, 4) is 0 Å². The first-order valence-electron chi connectivity index (χ1n) is 20.3. The lowest BCUT2D eigenvalue weighted by Gasteiger charge is -2.45. The molecule has 4 heteroatoms. The summed E-state index contributed by atoms with van der Waals surface area (Å²) >= 11 is 0. The van der Waals surface area contributed by atoms with Crippen LogP contribution in [0.1, 0.15) is 60.3 Å². The van der Waals surface area contributed by atoms with Crippen molar-refractivity contribution in [2.24, 2.45) is 0 Å². The van der Waals surface area contributed by atoms with Crippen LogP contribution >= 0.6 is 0 Å². The molecule has 1 saturated carbocycles. The van der Waals surface area contributed by atoms with Crippen LogP contribution in [-0.2, 0) is 0 Å². The average molecular weight is 709 g/mol. The van der Waals surface area contributed by atoms with Crippen LogP contribution in [0.4, 0.5) is 34.1 Å². The molecule has 0 unspecified atom stereocenters. The van der Waals surface area contributed by atoms with Gasteiger partial charge in [0, 0.05) is 34.1 Å². The van der Waals surface area contributed by atoms with Gasteiger partial charge in [0.25, 0.3) is 6.71 Å². The molecule has 0 amide bonds. The molecule has 1 fully saturated rings. The molecule has 0 radical (unpaired) electrons. The van der Waals surface area contributed by atoms with E-state index in [-0.39, 0.29) is 13.4 Å². The van der Waals surface area contributed by atoms with E-state index in [9.17, 15) is 0 Å². The van der Waals surface area contributed by atoms with Crippen LogP contribution in [0, 0.1) is 20.8 Å². The molecular weight excluding hydrogens is 662 g/mol. The van der Waals surface area contributed by atoms with E-state index in [1.54, 1.807) is 0 Å². The minimum Gasteiger partial charge on any atom is -0.311 e. The van der Waals surface area contributed by atoms with Gasteiger partial charge in [0.1, 0.15) is 0 Å². The first-order valence-corrected chi connectivity index (χ1v) is 20.3. The number of nitrogens with zero attached hydrogens (tertiary/aromatic N) is 2. The highest BCUT2D eigenvalue weighted by atomic mass is 15.2. The first-order chi connectivity index (χ1) is 27.0. The molecule has 1 aliphatic carbocycles. The largest absolute Gasteiger partial charge is 0.311 e. The van der Waals surface area contributed by atoms with Gasteiger partial charge in [-0.1, -0.05) is 162 Å². The summed E-state index contributed by atoms with van der Waals surface area (Å²) in [6, 6.07) is 60.2.